The van der Waals surface area contributed by atoms with Crippen molar-refractivity contribution in [2.24, 2.45) is 5.41 Å². The van der Waals surface area contributed by atoms with Crippen molar-refractivity contribution in [3.8, 4) is 0 Å². The molecule has 2 heteroatoms. The fourth-order valence-corrected chi connectivity index (χ4v) is 2.62. The maximum absolute atomic E-state index is 3.62. The predicted octanol–water partition coefficient (Wildman–Crippen LogP) is 4.40. The second-order valence-corrected chi connectivity index (χ2v) is 7.33. The molecule has 0 saturated heterocycles. The molecule has 120 valence electrons. The quantitative estimate of drug-likeness (QED) is 0.800. The highest BCUT2D eigenvalue weighted by molar-refractivity contribution is 5.24. The van der Waals surface area contributed by atoms with Gasteiger partial charge in [0.1, 0.15) is 0 Å². The number of hydrogen-bond acceptors (Lipinski definition) is 2. The number of hydrogen-bond donors (Lipinski definition) is 1. The van der Waals surface area contributed by atoms with Crippen LogP contribution in [-0.4, -0.2) is 31.1 Å². The Morgan fingerprint density at radius 3 is 2.19 bits per heavy atom. The molecular weight excluding hydrogens is 256 g/mol. The predicted molar refractivity (Wildman–Crippen MR) is 93.8 cm³/mol. The lowest BCUT2D eigenvalue weighted by Crippen LogP contribution is -2.40. The summed E-state index contributed by atoms with van der Waals surface area (Å²) in [5.41, 5.74) is 3.05. The minimum Gasteiger partial charge on any atom is -0.310 e. The van der Waals surface area contributed by atoms with E-state index >= 15 is 0 Å². The van der Waals surface area contributed by atoms with E-state index in [1.165, 1.54) is 11.1 Å². The lowest BCUT2D eigenvalue weighted by Gasteiger charge is -2.36. The van der Waals surface area contributed by atoms with E-state index in [1.807, 2.05) is 0 Å². The molecule has 2 unspecified atom stereocenters. The molecule has 2 atom stereocenters. The Kier molecular flexibility index (Phi) is 6.89. The largest absolute Gasteiger partial charge is 0.310 e. The van der Waals surface area contributed by atoms with Crippen LogP contribution in [0.3, 0.4) is 0 Å². The van der Waals surface area contributed by atoms with Gasteiger partial charge in [0.2, 0.25) is 0 Å². The van der Waals surface area contributed by atoms with Crippen LogP contribution in [0.4, 0.5) is 0 Å². The van der Waals surface area contributed by atoms with Crippen LogP contribution in [-0.2, 0) is 0 Å². The summed E-state index contributed by atoms with van der Waals surface area (Å²) >= 11 is 0. The van der Waals surface area contributed by atoms with Crippen LogP contribution in [0.5, 0.6) is 0 Å². The smallest absolute Gasteiger partial charge is 0.0332 e. The molecule has 1 N–H and O–H groups in total. The summed E-state index contributed by atoms with van der Waals surface area (Å²) in [6, 6.07) is 9.97. The highest BCUT2D eigenvalue weighted by atomic mass is 15.1. The third kappa shape index (κ3) is 5.80. The highest BCUT2D eigenvalue weighted by Crippen LogP contribution is 2.24. The van der Waals surface area contributed by atoms with Gasteiger partial charge in [-0.2, -0.15) is 0 Å². The molecule has 21 heavy (non-hydrogen) atoms. The zero-order chi connectivity index (χ0) is 16.0. The fraction of sp³-hybridized carbons (Fsp3) is 0.684. The minimum absolute atomic E-state index is 0.326. The molecule has 0 bridgehead atoms. The van der Waals surface area contributed by atoms with Gasteiger partial charge in [0, 0.05) is 12.1 Å². The fourth-order valence-electron chi connectivity index (χ4n) is 2.62. The number of nitrogens with one attached hydrogen (secondary N) is 1. The topological polar surface area (TPSA) is 15.3 Å². The van der Waals surface area contributed by atoms with Crippen molar-refractivity contribution in [1.29, 1.82) is 0 Å². The first-order valence-corrected chi connectivity index (χ1v) is 8.26. The number of rotatable bonds is 7. The molecule has 0 aliphatic heterocycles. The molecule has 0 radical (unpaired) electrons. The van der Waals surface area contributed by atoms with Crippen LogP contribution in [0.1, 0.15) is 58.2 Å². The summed E-state index contributed by atoms with van der Waals surface area (Å²) in [5.74, 6) is 0. The van der Waals surface area contributed by atoms with Crippen LogP contribution >= 0.6 is 0 Å². The monoisotopic (exact) mass is 290 g/mol. The van der Waals surface area contributed by atoms with Crippen LogP contribution < -0.4 is 5.32 Å². The number of nitrogens with zero attached hydrogens (tertiary/aromatic N) is 1. The summed E-state index contributed by atoms with van der Waals surface area (Å²) in [7, 11) is 2.24. The van der Waals surface area contributed by atoms with E-state index in [2.05, 4.69) is 83.1 Å². The van der Waals surface area contributed by atoms with Crippen LogP contribution in [0.2, 0.25) is 0 Å². The molecule has 0 fully saturated rings. The van der Waals surface area contributed by atoms with Gasteiger partial charge in [-0.05, 0) is 51.4 Å². The average molecular weight is 290 g/mol. The molecule has 0 aliphatic rings. The first-order chi connectivity index (χ1) is 9.75. The second-order valence-electron chi connectivity index (χ2n) is 7.33. The number of aryl methyl sites for hydroxylation is 1. The Morgan fingerprint density at radius 2 is 1.71 bits per heavy atom. The van der Waals surface area contributed by atoms with Crippen molar-refractivity contribution in [2.75, 3.05) is 20.1 Å². The van der Waals surface area contributed by atoms with Crippen molar-refractivity contribution >= 4 is 0 Å². The molecule has 1 aromatic carbocycles. The van der Waals surface area contributed by atoms with E-state index in [0.29, 0.717) is 17.5 Å². The number of benzene rings is 1. The average Bonchev–Trinajstić information content (AvgIpc) is 2.42. The van der Waals surface area contributed by atoms with Gasteiger partial charge in [0.05, 0.1) is 0 Å². The Balaban J connectivity index is 2.65. The van der Waals surface area contributed by atoms with Gasteiger partial charge in [-0.1, -0.05) is 57.5 Å². The summed E-state index contributed by atoms with van der Waals surface area (Å²) in [5, 5.41) is 3.62. The van der Waals surface area contributed by atoms with Gasteiger partial charge < -0.3 is 10.2 Å². The molecule has 0 aromatic heterocycles. The van der Waals surface area contributed by atoms with Crippen molar-refractivity contribution in [3.63, 3.8) is 0 Å². The van der Waals surface area contributed by atoms with Crippen LogP contribution in [0.15, 0.2) is 24.3 Å². The van der Waals surface area contributed by atoms with Crippen molar-refractivity contribution in [2.45, 2.75) is 60.0 Å². The normalized spacial score (nSPS) is 15.2. The lowest BCUT2D eigenvalue weighted by atomic mass is 9.87. The maximum atomic E-state index is 3.62. The Labute approximate surface area is 131 Å². The molecule has 0 saturated carbocycles. The van der Waals surface area contributed by atoms with E-state index < -0.39 is 0 Å². The summed E-state index contributed by atoms with van der Waals surface area (Å²) in [6.07, 6.45) is 1.15. The molecule has 0 heterocycles. The van der Waals surface area contributed by atoms with Crippen molar-refractivity contribution < 1.29 is 0 Å². The van der Waals surface area contributed by atoms with Crippen molar-refractivity contribution in [3.05, 3.63) is 35.4 Å². The zero-order valence-electron chi connectivity index (χ0n) is 15.0. The van der Waals surface area contributed by atoms with E-state index in [9.17, 15) is 0 Å². The van der Waals surface area contributed by atoms with Gasteiger partial charge in [-0.25, -0.2) is 0 Å². The molecule has 0 amide bonds. The lowest BCUT2D eigenvalue weighted by molar-refractivity contribution is 0.136. The summed E-state index contributed by atoms with van der Waals surface area (Å²) in [6.45, 7) is 15.7. The minimum atomic E-state index is 0.326. The van der Waals surface area contributed by atoms with Crippen molar-refractivity contribution in [1.82, 2.24) is 10.2 Å². The van der Waals surface area contributed by atoms with Gasteiger partial charge in [0.15, 0.2) is 0 Å². The van der Waals surface area contributed by atoms with E-state index in [0.717, 1.165) is 19.5 Å². The molecule has 0 aliphatic carbocycles. The molecule has 1 rings (SSSR count). The van der Waals surface area contributed by atoms with E-state index in [1.54, 1.807) is 0 Å². The molecule has 0 spiro atoms. The second kappa shape index (κ2) is 7.95. The van der Waals surface area contributed by atoms with Gasteiger partial charge >= 0.3 is 0 Å². The Bertz CT molecular complexity index is 403. The first-order valence-electron chi connectivity index (χ1n) is 8.26. The Morgan fingerprint density at radius 1 is 1.14 bits per heavy atom. The highest BCUT2D eigenvalue weighted by Gasteiger charge is 2.24. The summed E-state index contributed by atoms with van der Waals surface area (Å²) < 4.78 is 0. The molecule has 2 nitrogen and oxygen atoms in total. The van der Waals surface area contributed by atoms with Gasteiger partial charge in [0.25, 0.3) is 0 Å². The van der Waals surface area contributed by atoms with Gasteiger partial charge in [-0.3, -0.25) is 0 Å². The maximum Gasteiger partial charge on any atom is 0.0332 e. The SMILES string of the molecule is CCNC(CCN(C)C(C)C(C)(C)C)c1ccc(C)cc1. The van der Waals surface area contributed by atoms with E-state index in [-0.39, 0.29) is 0 Å². The van der Waals surface area contributed by atoms with Crippen LogP contribution in [0.25, 0.3) is 0 Å². The van der Waals surface area contributed by atoms with E-state index in [4.69, 9.17) is 0 Å². The van der Waals surface area contributed by atoms with Gasteiger partial charge in [-0.15, -0.1) is 0 Å². The standard InChI is InChI=1S/C19H34N2/c1-8-20-18(17-11-9-15(2)10-12-17)13-14-21(7)16(3)19(4,5)6/h9-12,16,18,20H,8,13-14H2,1-7H3. The molecule has 1 aromatic rings. The zero-order valence-corrected chi connectivity index (χ0v) is 15.0. The third-order valence-electron chi connectivity index (χ3n) is 4.62. The molecular formula is C19H34N2. The Hall–Kier alpha value is -0.860. The van der Waals surface area contributed by atoms with Crippen LogP contribution in [0, 0.1) is 12.3 Å². The summed E-state index contributed by atoms with van der Waals surface area (Å²) in [4.78, 5) is 2.48. The first kappa shape index (κ1) is 18.2. The third-order valence-corrected chi connectivity index (χ3v) is 4.62.